The second kappa shape index (κ2) is 7.74. The molecule has 0 spiro atoms. The number of piperidine rings is 1. The number of ether oxygens (including phenoxy) is 1. The van der Waals surface area contributed by atoms with Gasteiger partial charge in [0.2, 0.25) is 0 Å². The first-order valence-corrected chi connectivity index (χ1v) is 8.95. The first-order valence-electron chi connectivity index (χ1n) is 8.57. The van der Waals surface area contributed by atoms with Crippen LogP contribution in [0.25, 0.3) is 0 Å². The van der Waals surface area contributed by atoms with Crippen LogP contribution in [-0.4, -0.2) is 24.2 Å². The molecule has 1 aromatic heterocycles. The molecule has 3 nitrogen and oxygen atoms in total. The van der Waals surface area contributed by atoms with Gasteiger partial charge in [0.1, 0.15) is 17.7 Å². The average molecular weight is 385 g/mol. The van der Waals surface area contributed by atoms with Crippen molar-refractivity contribution in [3.8, 4) is 5.75 Å². The van der Waals surface area contributed by atoms with Crippen LogP contribution >= 0.6 is 11.6 Å². The molecular weight excluding hydrogens is 365 g/mol. The summed E-state index contributed by atoms with van der Waals surface area (Å²) in [5.41, 5.74) is -0.728. The number of benzene rings is 1. The molecule has 0 unspecified atom stereocenters. The molecule has 2 heterocycles. The summed E-state index contributed by atoms with van der Waals surface area (Å²) in [6, 6.07) is 9.80. The molecule has 0 amide bonds. The Bertz CT molecular complexity index is 719. The highest BCUT2D eigenvalue weighted by molar-refractivity contribution is 6.30. The third-order valence-corrected chi connectivity index (χ3v) is 4.94. The summed E-state index contributed by atoms with van der Waals surface area (Å²) >= 11 is 5.90. The van der Waals surface area contributed by atoms with E-state index in [1.165, 1.54) is 6.07 Å². The maximum Gasteiger partial charge on any atom is 0.417 e. The van der Waals surface area contributed by atoms with Crippen LogP contribution in [0, 0.1) is 5.92 Å². The van der Waals surface area contributed by atoms with Crippen LogP contribution in [0.1, 0.15) is 25.3 Å². The highest BCUT2D eigenvalue weighted by atomic mass is 35.5. The topological polar surface area (TPSA) is 25.4 Å². The zero-order valence-corrected chi connectivity index (χ0v) is 15.1. The Morgan fingerprint density at radius 1 is 1.19 bits per heavy atom. The van der Waals surface area contributed by atoms with Gasteiger partial charge in [-0.15, -0.1) is 0 Å². The van der Waals surface area contributed by atoms with E-state index in [1.807, 2.05) is 17.0 Å². The van der Waals surface area contributed by atoms with Gasteiger partial charge in [0, 0.05) is 36.6 Å². The quantitative estimate of drug-likeness (QED) is 0.702. The summed E-state index contributed by atoms with van der Waals surface area (Å²) in [4.78, 5) is 6.03. The Balaban J connectivity index is 1.66. The van der Waals surface area contributed by atoms with E-state index in [-0.39, 0.29) is 12.0 Å². The smallest absolute Gasteiger partial charge is 0.417 e. The molecule has 0 N–H and O–H groups in total. The van der Waals surface area contributed by atoms with Gasteiger partial charge >= 0.3 is 6.18 Å². The SMILES string of the molecule is CC[C@H]1CN(c2ccc(C(F)(F)F)cn2)CC[C@H]1Oc1ccc(Cl)cc1. The number of hydrogen-bond donors (Lipinski definition) is 0. The van der Waals surface area contributed by atoms with Gasteiger partial charge in [0.25, 0.3) is 0 Å². The number of alkyl halides is 3. The minimum Gasteiger partial charge on any atom is -0.490 e. The molecule has 1 aromatic carbocycles. The Hall–Kier alpha value is -1.95. The van der Waals surface area contributed by atoms with Crippen molar-refractivity contribution in [1.29, 1.82) is 0 Å². The highest BCUT2D eigenvalue weighted by Gasteiger charge is 2.33. The lowest BCUT2D eigenvalue weighted by molar-refractivity contribution is -0.137. The van der Waals surface area contributed by atoms with Crippen molar-refractivity contribution < 1.29 is 17.9 Å². The molecule has 140 valence electrons. The van der Waals surface area contributed by atoms with Crippen molar-refractivity contribution in [2.45, 2.75) is 32.0 Å². The standard InChI is InChI=1S/C19H20ClF3N2O/c1-2-13-12-25(18-8-3-14(11-24-18)19(21,22)23)10-9-17(13)26-16-6-4-15(20)5-7-16/h3-8,11,13,17H,2,9-10,12H2,1H3/t13-,17+/m0/s1. The third kappa shape index (κ3) is 4.41. The number of hydrogen-bond acceptors (Lipinski definition) is 3. The lowest BCUT2D eigenvalue weighted by Gasteiger charge is -2.38. The lowest BCUT2D eigenvalue weighted by atomic mass is 9.92. The molecule has 0 bridgehead atoms. The highest BCUT2D eigenvalue weighted by Crippen LogP contribution is 2.31. The van der Waals surface area contributed by atoms with Crippen molar-refractivity contribution in [1.82, 2.24) is 4.98 Å². The second-order valence-corrected chi connectivity index (χ2v) is 6.85. The fourth-order valence-corrected chi connectivity index (χ4v) is 3.32. The number of rotatable bonds is 4. The van der Waals surface area contributed by atoms with Gasteiger partial charge in [-0.05, 0) is 42.8 Å². The molecule has 0 radical (unpaired) electrons. The first kappa shape index (κ1) is 18.8. The molecule has 3 rings (SSSR count). The number of anilines is 1. The van der Waals surface area contributed by atoms with Crippen molar-refractivity contribution in [2.24, 2.45) is 5.92 Å². The van der Waals surface area contributed by atoms with E-state index in [9.17, 15) is 13.2 Å². The summed E-state index contributed by atoms with van der Waals surface area (Å²) in [6.07, 6.45) is -1.71. The minimum atomic E-state index is -4.36. The van der Waals surface area contributed by atoms with Gasteiger partial charge in [-0.2, -0.15) is 13.2 Å². The molecule has 2 atom stereocenters. The Labute approximate surface area is 155 Å². The van der Waals surface area contributed by atoms with Gasteiger partial charge in [-0.25, -0.2) is 4.98 Å². The monoisotopic (exact) mass is 384 g/mol. The summed E-state index contributed by atoms with van der Waals surface area (Å²) in [5.74, 6) is 1.61. The largest absolute Gasteiger partial charge is 0.490 e. The van der Waals surface area contributed by atoms with E-state index in [0.717, 1.165) is 30.9 Å². The molecule has 0 saturated carbocycles. The zero-order chi connectivity index (χ0) is 18.7. The average Bonchev–Trinajstić information content (AvgIpc) is 2.63. The molecule has 1 aliphatic heterocycles. The summed E-state index contributed by atoms with van der Waals surface area (Å²) < 4.78 is 44.2. The fourth-order valence-electron chi connectivity index (χ4n) is 3.19. The zero-order valence-electron chi connectivity index (χ0n) is 14.3. The number of aromatic nitrogens is 1. The van der Waals surface area contributed by atoms with E-state index >= 15 is 0 Å². The molecular formula is C19H20ClF3N2O. The van der Waals surface area contributed by atoms with E-state index in [2.05, 4.69) is 11.9 Å². The van der Waals surface area contributed by atoms with Crippen molar-refractivity contribution in [3.05, 3.63) is 53.2 Å². The number of pyridine rings is 1. The Morgan fingerprint density at radius 2 is 1.92 bits per heavy atom. The van der Waals surface area contributed by atoms with E-state index in [1.54, 1.807) is 12.1 Å². The normalized spacial score (nSPS) is 20.9. The fraction of sp³-hybridized carbons (Fsp3) is 0.421. The first-order chi connectivity index (χ1) is 12.4. The molecule has 1 fully saturated rings. The molecule has 7 heteroatoms. The molecule has 1 aliphatic rings. The Morgan fingerprint density at radius 3 is 2.50 bits per heavy atom. The summed E-state index contributed by atoms with van der Waals surface area (Å²) in [6.45, 7) is 3.48. The van der Waals surface area contributed by atoms with Crippen LogP contribution in [0.3, 0.4) is 0 Å². The van der Waals surface area contributed by atoms with E-state index in [4.69, 9.17) is 16.3 Å². The van der Waals surface area contributed by atoms with Gasteiger partial charge in [-0.1, -0.05) is 18.5 Å². The number of nitrogens with zero attached hydrogens (tertiary/aromatic N) is 2. The third-order valence-electron chi connectivity index (χ3n) is 4.69. The maximum absolute atomic E-state index is 12.7. The van der Waals surface area contributed by atoms with Crippen molar-refractivity contribution in [2.75, 3.05) is 18.0 Å². The van der Waals surface area contributed by atoms with Crippen LogP contribution in [0.15, 0.2) is 42.6 Å². The molecule has 0 aliphatic carbocycles. The maximum atomic E-state index is 12.7. The van der Waals surface area contributed by atoms with E-state index in [0.29, 0.717) is 23.9 Å². The van der Waals surface area contributed by atoms with Crippen LogP contribution in [0.2, 0.25) is 5.02 Å². The lowest BCUT2D eigenvalue weighted by Crippen LogP contribution is -2.45. The predicted octanol–water partition coefficient (Wildman–Crippen LogP) is 5.44. The summed E-state index contributed by atoms with van der Waals surface area (Å²) in [7, 11) is 0. The minimum absolute atomic E-state index is 0.0619. The van der Waals surface area contributed by atoms with E-state index < -0.39 is 11.7 Å². The number of halogens is 4. The molecule has 1 saturated heterocycles. The van der Waals surface area contributed by atoms with Crippen molar-refractivity contribution in [3.63, 3.8) is 0 Å². The van der Waals surface area contributed by atoms with Gasteiger partial charge in [0.05, 0.1) is 5.56 Å². The van der Waals surface area contributed by atoms with Crippen LogP contribution in [0.4, 0.5) is 19.0 Å². The Kier molecular flexibility index (Phi) is 5.61. The van der Waals surface area contributed by atoms with Gasteiger partial charge < -0.3 is 9.64 Å². The summed E-state index contributed by atoms with van der Waals surface area (Å²) in [5, 5.41) is 0.660. The predicted molar refractivity (Wildman–Crippen MR) is 95.7 cm³/mol. The van der Waals surface area contributed by atoms with Crippen LogP contribution in [-0.2, 0) is 6.18 Å². The molecule has 26 heavy (non-hydrogen) atoms. The van der Waals surface area contributed by atoms with Crippen LogP contribution < -0.4 is 9.64 Å². The second-order valence-electron chi connectivity index (χ2n) is 6.42. The van der Waals surface area contributed by atoms with Gasteiger partial charge in [-0.3, -0.25) is 0 Å². The van der Waals surface area contributed by atoms with Crippen LogP contribution in [0.5, 0.6) is 5.75 Å². The molecule has 2 aromatic rings. The van der Waals surface area contributed by atoms with Crippen molar-refractivity contribution >= 4 is 17.4 Å². The van der Waals surface area contributed by atoms with Gasteiger partial charge in [0.15, 0.2) is 0 Å².